The van der Waals surface area contributed by atoms with Crippen LogP contribution in [0.15, 0.2) is 30.3 Å². The molecule has 0 radical (unpaired) electrons. The molecule has 1 aromatic carbocycles. The van der Waals surface area contributed by atoms with Gasteiger partial charge >= 0.3 is 35.9 Å². The van der Waals surface area contributed by atoms with E-state index in [4.69, 9.17) is 44.4 Å². The highest BCUT2D eigenvalue weighted by Crippen LogP contribution is 2.10. The summed E-state index contributed by atoms with van der Waals surface area (Å²) in [7, 11) is 0. The van der Waals surface area contributed by atoms with E-state index in [1.165, 1.54) is 0 Å². The highest BCUT2D eigenvalue weighted by molar-refractivity contribution is 7.80. The van der Waals surface area contributed by atoms with Gasteiger partial charge in [0.05, 0.1) is 97.8 Å². The molecule has 0 bridgehead atoms. The fourth-order valence-corrected chi connectivity index (χ4v) is 6.47. The van der Waals surface area contributed by atoms with Gasteiger partial charge in [0.1, 0.15) is 24.2 Å². The van der Waals surface area contributed by atoms with Crippen LogP contribution in [0.4, 0.5) is 4.79 Å². The first-order valence-corrected chi connectivity index (χ1v) is 24.6. The number of carboxylic acids is 5. The van der Waals surface area contributed by atoms with Gasteiger partial charge in [0.15, 0.2) is 5.78 Å². The number of carbonyl (C=O) groups excluding carboxylic acids is 6. The Kier molecular flexibility index (Phi) is 36.2. The van der Waals surface area contributed by atoms with E-state index in [-0.39, 0.29) is 110 Å². The van der Waals surface area contributed by atoms with E-state index < -0.39 is 121 Å². The van der Waals surface area contributed by atoms with Crippen molar-refractivity contribution < 1.29 is 107 Å². The number of carboxylic acid groups (broad SMARTS) is 5. The smallest absolute Gasteiger partial charge is 0.327 e. The summed E-state index contributed by atoms with van der Waals surface area (Å²) in [4.78, 5) is 132. The van der Waals surface area contributed by atoms with Crippen LogP contribution in [0.2, 0.25) is 0 Å². The molecule has 0 aliphatic heterocycles. The fraction of sp³-hybridized carbons (Fsp3) is 0.630. The Hall–Kier alpha value is -6.54. The number of ether oxygens (including phenoxy) is 6. The number of nitrogens with two attached hydrogens (primary N) is 1. The van der Waals surface area contributed by atoms with Crippen LogP contribution in [0.1, 0.15) is 56.9 Å². The van der Waals surface area contributed by atoms with Crippen molar-refractivity contribution >= 4 is 77.9 Å². The van der Waals surface area contributed by atoms with Crippen molar-refractivity contribution in [3.8, 4) is 0 Å². The third-order valence-corrected chi connectivity index (χ3v) is 10.6. The molecule has 6 atom stereocenters. The van der Waals surface area contributed by atoms with Gasteiger partial charge in [0.25, 0.3) is 0 Å². The average Bonchev–Trinajstić information content (AvgIpc) is 3.36. The molecule has 0 aliphatic rings. The normalized spacial score (nSPS) is 13.3. The number of rotatable bonds is 46. The van der Waals surface area contributed by atoms with Crippen molar-refractivity contribution in [1.82, 2.24) is 31.9 Å². The van der Waals surface area contributed by atoms with E-state index in [1.807, 2.05) is 5.32 Å². The van der Waals surface area contributed by atoms with E-state index in [1.54, 1.807) is 30.3 Å². The number of carbonyl (C=O) groups is 11. The van der Waals surface area contributed by atoms with Crippen LogP contribution >= 0.6 is 12.6 Å². The number of nitrogens with one attached hydrogen (secondary N) is 6. The number of ketones is 1. The molecule has 0 unspecified atom stereocenters. The van der Waals surface area contributed by atoms with Gasteiger partial charge in [-0.1, -0.05) is 30.3 Å². The van der Waals surface area contributed by atoms with Crippen molar-refractivity contribution in [1.29, 1.82) is 0 Å². The molecular weight excluding hydrogens is 1030 g/mol. The SMILES string of the molecule is N[C@@H](CCC(=O)[C@H](Cc1ccccc1)NC(=O)CCOCCOCCOCCOCCOCCOCCNC(=O)CC[C@H](NC(=O)N[C@@H](CCC(=O)O)C(=O)O)C(=O)O)C(=O)N[C@@H](CC(=O)O)C(=O)N[C@@H](CS)C(=O)O. The zero-order valence-electron chi connectivity index (χ0n) is 41.8. The fourth-order valence-electron chi connectivity index (χ4n) is 6.22. The summed E-state index contributed by atoms with van der Waals surface area (Å²) in [6, 6.07) is -0.823. The molecule has 0 aromatic heterocycles. The lowest BCUT2D eigenvalue weighted by Gasteiger charge is -2.22. The van der Waals surface area contributed by atoms with Gasteiger partial charge in [-0.25, -0.2) is 19.2 Å². The van der Waals surface area contributed by atoms with E-state index in [0.717, 1.165) is 5.56 Å². The second-order valence-electron chi connectivity index (χ2n) is 16.3. The monoisotopic (exact) mass is 1110 g/mol. The predicted octanol–water partition coefficient (Wildman–Crippen LogP) is -2.69. The van der Waals surface area contributed by atoms with Crippen LogP contribution in [-0.4, -0.2) is 219 Å². The zero-order chi connectivity index (χ0) is 56.7. The standard InChI is InChI=1S/C46H71N7O22S/c47-30(41(61)50-34(27-40(59)60)42(62)51-35(28-76)45(67)68)6-9-36(54)33(26-29-4-2-1-3-5-29)49-38(56)12-14-70-16-18-72-20-22-74-24-25-75-23-21-73-19-17-71-15-13-48-37(55)10-7-31(43(63)64)52-46(69)53-32(44(65)66)8-11-39(57)58/h1-5,30-35,76H,6-28,47H2,(H,48,55)(H,49,56)(H,50,61)(H,51,62)(H,57,58)(H,59,60)(H,63,64)(H,65,66)(H,67,68)(H2,52,53,69)/t30-,31-,32-,33-,34-,35-/m0/s1. The number of benzene rings is 1. The van der Waals surface area contributed by atoms with Crippen molar-refractivity contribution in [3.63, 3.8) is 0 Å². The van der Waals surface area contributed by atoms with Gasteiger partial charge in [-0.2, -0.15) is 12.6 Å². The van der Waals surface area contributed by atoms with Crippen LogP contribution in [-0.2, 0) is 82.8 Å². The molecule has 1 rings (SSSR count). The lowest BCUT2D eigenvalue weighted by atomic mass is 9.97. The molecule has 29 nitrogen and oxygen atoms in total. The van der Waals surface area contributed by atoms with E-state index in [9.17, 15) is 68.1 Å². The first-order valence-electron chi connectivity index (χ1n) is 24.0. The number of thiol groups is 1. The maximum Gasteiger partial charge on any atom is 0.327 e. The summed E-state index contributed by atoms with van der Waals surface area (Å²) in [5.41, 5.74) is 6.73. The molecule has 0 heterocycles. The second kappa shape index (κ2) is 40.7. The van der Waals surface area contributed by atoms with E-state index in [2.05, 4.69) is 39.2 Å². The molecule has 76 heavy (non-hydrogen) atoms. The highest BCUT2D eigenvalue weighted by atomic mass is 32.1. The Morgan fingerprint density at radius 3 is 1.42 bits per heavy atom. The average molecular weight is 1110 g/mol. The summed E-state index contributed by atoms with van der Waals surface area (Å²) < 4.78 is 32.6. The minimum atomic E-state index is -1.66. The molecular formula is C46H71N7O22S. The van der Waals surface area contributed by atoms with E-state index >= 15 is 0 Å². The van der Waals surface area contributed by atoms with Crippen LogP contribution < -0.4 is 37.6 Å². The zero-order valence-corrected chi connectivity index (χ0v) is 42.7. The van der Waals surface area contributed by atoms with E-state index in [0.29, 0.717) is 19.8 Å². The minimum absolute atomic E-state index is 0.0259. The van der Waals surface area contributed by atoms with Gasteiger partial charge in [-0.15, -0.1) is 0 Å². The van der Waals surface area contributed by atoms with Crippen LogP contribution in [0.25, 0.3) is 0 Å². The van der Waals surface area contributed by atoms with Crippen molar-refractivity contribution in [2.24, 2.45) is 5.73 Å². The van der Waals surface area contributed by atoms with Crippen molar-refractivity contribution in [2.75, 3.05) is 91.6 Å². The van der Waals surface area contributed by atoms with Crippen molar-refractivity contribution in [2.45, 2.75) is 94.0 Å². The molecule has 0 aliphatic carbocycles. The molecule has 0 saturated heterocycles. The minimum Gasteiger partial charge on any atom is -0.481 e. The molecule has 13 N–H and O–H groups in total. The molecule has 30 heteroatoms. The summed E-state index contributed by atoms with van der Waals surface area (Å²) in [5.74, 6) is -10.9. The lowest BCUT2D eigenvalue weighted by molar-refractivity contribution is -0.143. The number of aliphatic carboxylic acids is 5. The quantitative estimate of drug-likeness (QED) is 0.0233. The summed E-state index contributed by atoms with van der Waals surface area (Å²) in [5, 5.41) is 59.2. The van der Waals surface area contributed by atoms with Gasteiger partial charge in [-0.05, 0) is 31.2 Å². The number of hydrogen-bond acceptors (Lipinski definition) is 19. The Morgan fingerprint density at radius 2 is 0.947 bits per heavy atom. The first kappa shape index (κ1) is 67.5. The number of urea groups is 1. The van der Waals surface area contributed by atoms with Crippen molar-refractivity contribution in [3.05, 3.63) is 35.9 Å². The topological polar surface area (TPSA) is 442 Å². The molecule has 0 fully saturated rings. The van der Waals surface area contributed by atoms with Gasteiger partial charge in [-0.3, -0.25) is 33.6 Å². The second-order valence-corrected chi connectivity index (χ2v) is 16.7. The molecule has 428 valence electrons. The number of hydrogen-bond donors (Lipinski definition) is 13. The van der Waals surface area contributed by atoms with Crippen LogP contribution in [0.5, 0.6) is 0 Å². The maximum absolute atomic E-state index is 13.3. The Labute approximate surface area is 442 Å². The third-order valence-electron chi connectivity index (χ3n) is 10.3. The highest BCUT2D eigenvalue weighted by Gasteiger charge is 2.31. The molecule has 6 amide bonds. The molecule has 1 aromatic rings. The van der Waals surface area contributed by atoms with Crippen LogP contribution in [0.3, 0.4) is 0 Å². The van der Waals surface area contributed by atoms with Gasteiger partial charge in [0.2, 0.25) is 23.6 Å². The Morgan fingerprint density at radius 1 is 0.474 bits per heavy atom. The lowest BCUT2D eigenvalue weighted by Crippen LogP contribution is -2.55. The van der Waals surface area contributed by atoms with Gasteiger partial charge < -0.3 is 91.6 Å². The number of Topliss-reactive ketones (excluding diaryl/α,β-unsaturated/α-hetero) is 1. The summed E-state index contributed by atoms with van der Waals surface area (Å²) >= 11 is 3.84. The van der Waals surface area contributed by atoms with Gasteiger partial charge in [0, 0.05) is 38.0 Å². The summed E-state index contributed by atoms with van der Waals surface area (Å²) in [6.45, 7) is 2.89. The Balaban J connectivity index is 2.20. The first-order chi connectivity index (χ1) is 36.2. The molecule has 0 saturated carbocycles. The Bertz CT molecular complexity index is 1990. The maximum atomic E-state index is 13.3. The predicted molar refractivity (Wildman–Crippen MR) is 265 cm³/mol. The third kappa shape index (κ3) is 33.4. The van der Waals surface area contributed by atoms with Crippen LogP contribution in [0, 0.1) is 0 Å². The summed E-state index contributed by atoms with van der Waals surface area (Å²) in [6.07, 6.45) is -2.84. The largest absolute Gasteiger partial charge is 0.481 e. The molecule has 0 spiro atoms. The number of amides is 6.